The van der Waals surface area contributed by atoms with Crippen molar-refractivity contribution in [2.24, 2.45) is 29.4 Å². The van der Waals surface area contributed by atoms with E-state index >= 15 is 0 Å². The number of hydrogen-bond acceptors (Lipinski definition) is 3. The first-order chi connectivity index (χ1) is 9.33. The molecule has 0 spiro atoms. The Balaban J connectivity index is 1.49. The average molecular weight is 260 g/mol. The second-order valence-corrected chi connectivity index (χ2v) is 6.92. The van der Waals surface area contributed by atoms with E-state index in [-0.39, 0.29) is 0 Å². The zero-order chi connectivity index (χ0) is 12.8. The topological polar surface area (TPSA) is 56.7 Å². The summed E-state index contributed by atoms with van der Waals surface area (Å²) in [6, 6.07) is 0. The van der Waals surface area contributed by atoms with E-state index in [0.29, 0.717) is 5.92 Å². The van der Waals surface area contributed by atoms with Crippen molar-refractivity contribution in [2.75, 3.05) is 6.54 Å². The van der Waals surface area contributed by atoms with Gasteiger partial charge in [0.1, 0.15) is 11.6 Å². The summed E-state index contributed by atoms with van der Waals surface area (Å²) in [5.41, 5.74) is 5.78. The van der Waals surface area contributed by atoms with Gasteiger partial charge in [-0.1, -0.05) is 6.42 Å². The molecule has 0 amide bonds. The van der Waals surface area contributed by atoms with Gasteiger partial charge in [0.25, 0.3) is 0 Å². The molecular weight excluding hydrogens is 236 g/mol. The summed E-state index contributed by atoms with van der Waals surface area (Å²) in [5.74, 6) is 5.95. The third kappa shape index (κ3) is 2.00. The fourth-order valence-corrected chi connectivity index (χ4v) is 4.67. The largest absolute Gasteiger partial charge is 0.330 e. The van der Waals surface area contributed by atoms with Crippen molar-refractivity contribution < 1.29 is 0 Å². The van der Waals surface area contributed by atoms with Crippen molar-refractivity contribution in [1.82, 2.24) is 14.8 Å². The first-order valence-corrected chi connectivity index (χ1v) is 7.94. The zero-order valence-corrected chi connectivity index (χ0v) is 11.6. The monoisotopic (exact) mass is 260 g/mol. The lowest BCUT2D eigenvalue weighted by molar-refractivity contribution is 0.316. The maximum Gasteiger partial charge on any atom is 0.133 e. The standard InChI is InChI=1S/C15H24N4/c16-9-11-3-4-19-14(7-11)17-18-15(19)8-13-6-10-1-2-12(13)5-10/h10-13H,1-9,16H2. The molecule has 1 aromatic rings. The summed E-state index contributed by atoms with van der Waals surface area (Å²) in [6.45, 7) is 1.87. The van der Waals surface area contributed by atoms with Gasteiger partial charge >= 0.3 is 0 Å². The number of aromatic nitrogens is 3. The highest BCUT2D eigenvalue weighted by Crippen LogP contribution is 2.49. The Morgan fingerprint density at radius 1 is 1.16 bits per heavy atom. The second-order valence-electron chi connectivity index (χ2n) is 6.92. The van der Waals surface area contributed by atoms with Crippen LogP contribution in [-0.4, -0.2) is 21.3 Å². The molecule has 0 saturated heterocycles. The third-order valence-corrected chi connectivity index (χ3v) is 5.80. The molecule has 2 fully saturated rings. The van der Waals surface area contributed by atoms with Gasteiger partial charge in [-0.25, -0.2) is 0 Å². The number of nitrogens with two attached hydrogens (primary N) is 1. The van der Waals surface area contributed by atoms with Crippen LogP contribution in [0.4, 0.5) is 0 Å². The van der Waals surface area contributed by atoms with Gasteiger partial charge in [0.2, 0.25) is 0 Å². The molecule has 2 saturated carbocycles. The Labute approximate surface area is 114 Å². The van der Waals surface area contributed by atoms with Crippen molar-refractivity contribution in [2.45, 2.75) is 51.5 Å². The molecule has 1 aromatic heterocycles. The van der Waals surface area contributed by atoms with Gasteiger partial charge in [0.15, 0.2) is 0 Å². The van der Waals surface area contributed by atoms with Gasteiger partial charge in [-0.05, 0) is 55.9 Å². The molecule has 3 aliphatic rings. The van der Waals surface area contributed by atoms with Crippen molar-refractivity contribution in [1.29, 1.82) is 0 Å². The van der Waals surface area contributed by atoms with Crippen LogP contribution in [-0.2, 0) is 19.4 Å². The van der Waals surface area contributed by atoms with Crippen LogP contribution < -0.4 is 5.73 Å². The average Bonchev–Trinajstić information content (AvgIpc) is 3.14. The predicted molar refractivity (Wildman–Crippen MR) is 73.5 cm³/mol. The minimum absolute atomic E-state index is 0.618. The van der Waals surface area contributed by atoms with Crippen LogP contribution in [0, 0.1) is 23.7 Å². The molecule has 2 bridgehead atoms. The van der Waals surface area contributed by atoms with E-state index in [9.17, 15) is 0 Å². The Kier molecular flexibility index (Phi) is 2.87. The molecule has 4 atom stereocenters. The SMILES string of the molecule is NCC1CCn2c(nnc2CC2CC3CCC2C3)C1. The molecule has 4 rings (SSSR count). The van der Waals surface area contributed by atoms with Gasteiger partial charge in [-0.2, -0.15) is 0 Å². The third-order valence-electron chi connectivity index (χ3n) is 5.80. The summed E-state index contributed by atoms with van der Waals surface area (Å²) in [5, 5.41) is 8.90. The van der Waals surface area contributed by atoms with Crippen LogP contribution in [0.25, 0.3) is 0 Å². The number of nitrogens with zero attached hydrogens (tertiary/aromatic N) is 3. The molecular formula is C15H24N4. The Hall–Kier alpha value is -0.900. The van der Waals surface area contributed by atoms with Crippen LogP contribution >= 0.6 is 0 Å². The maximum atomic E-state index is 5.78. The maximum absolute atomic E-state index is 5.78. The van der Waals surface area contributed by atoms with E-state index < -0.39 is 0 Å². The van der Waals surface area contributed by atoms with Crippen molar-refractivity contribution in [3.63, 3.8) is 0 Å². The lowest BCUT2D eigenvalue weighted by Gasteiger charge is -2.24. The molecule has 2 heterocycles. The first kappa shape index (κ1) is 11.9. The second kappa shape index (κ2) is 4.58. The molecule has 4 heteroatoms. The molecule has 1 aliphatic heterocycles. The minimum Gasteiger partial charge on any atom is -0.330 e. The summed E-state index contributed by atoms with van der Waals surface area (Å²) < 4.78 is 2.39. The molecule has 2 N–H and O–H groups in total. The summed E-state index contributed by atoms with van der Waals surface area (Å²) in [7, 11) is 0. The molecule has 4 unspecified atom stereocenters. The number of fused-ring (bicyclic) bond motifs is 3. The minimum atomic E-state index is 0.618. The number of hydrogen-bond donors (Lipinski definition) is 1. The molecule has 0 aromatic carbocycles. The van der Waals surface area contributed by atoms with Gasteiger partial charge in [0, 0.05) is 19.4 Å². The fourth-order valence-electron chi connectivity index (χ4n) is 4.67. The Bertz CT molecular complexity index is 467. The van der Waals surface area contributed by atoms with Crippen LogP contribution in [0.3, 0.4) is 0 Å². The lowest BCUT2D eigenvalue weighted by atomic mass is 9.86. The molecule has 104 valence electrons. The van der Waals surface area contributed by atoms with Gasteiger partial charge in [-0.15, -0.1) is 10.2 Å². The van der Waals surface area contributed by atoms with E-state index in [1.807, 2.05) is 0 Å². The van der Waals surface area contributed by atoms with E-state index in [1.54, 1.807) is 0 Å². The van der Waals surface area contributed by atoms with Gasteiger partial charge in [-0.3, -0.25) is 0 Å². The number of rotatable bonds is 3. The highest BCUT2D eigenvalue weighted by Gasteiger charge is 2.40. The summed E-state index contributed by atoms with van der Waals surface area (Å²) in [6.07, 6.45) is 9.27. The van der Waals surface area contributed by atoms with Crippen molar-refractivity contribution in [3.8, 4) is 0 Å². The smallest absolute Gasteiger partial charge is 0.133 e. The molecule has 0 radical (unpaired) electrons. The first-order valence-electron chi connectivity index (χ1n) is 7.94. The van der Waals surface area contributed by atoms with Crippen LogP contribution in [0.5, 0.6) is 0 Å². The summed E-state index contributed by atoms with van der Waals surface area (Å²) >= 11 is 0. The van der Waals surface area contributed by atoms with Gasteiger partial charge < -0.3 is 10.3 Å². The molecule has 19 heavy (non-hydrogen) atoms. The zero-order valence-electron chi connectivity index (χ0n) is 11.6. The quantitative estimate of drug-likeness (QED) is 0.901. The van der Waals surface area contributed by atoms with Gasteiger partial charge in [0.05, 0.1) is 0 Å². The Morgan fingerprint density at radius 2 is 2.11 bits per heavy atom. The van der Waals surface area contributed by atoms with Crippen LogP contribution in [0.1, 0.15) is 43.8 Å². The normalized spacial score (nSPS) is 36.7. The predicted octanol–water partition coefficient (Wildman–Crippen LogP) is 1.78. The van der Waals surface area contributed by atoms with Crippen molar-refractivity contribution >= 4 is 0 Å². The highest BCUT2D eigenvalue weighted by molar-refractivity contribution is 5.04. The van der Waals surface area contributed by atoms with E-state index in [4.69, 9.17) is 5.73 Å². The van der Waals surface area contributed by atoms with Crippen LogP contribution in [0.15, 0.2) is 0 Å². The van der Waals surface area contributed by atoms with Crippen molar-refractivity contribution in [3.05, 3.63) is 11.6 Å². The fraction of sp³-hybridized carbons (Fsp3) is 0.867. The van der Waals surface area contributed by atoms with E-state index in [2.05, 4.69) is 14.8 Å². The van der Waals surface area contributed by atoms with E-state index in [0.717, 1.165) is 37.3 Å². The summed E-state index contributed by atoms with van der Waals surface area (Å²) in [4.78, 5) is 0. The molecule has 2 aliphatic carbocycles. The Morgan fingerprint density at radius 3 is 2.84 bits per heavy atom. The lowest BCUT2D eigenvalue weighted by Crippen LogP contribution is -2.27. The molecule has 4 nitrogen and oxygen atoms in total. The van der Waals surface area contributed by atoms with Crippen LogP contribution in [0.2, 0.25) is 0 Å². The van der Waals surface area contributed by atoms with E-state index in [1.165, 1.54) is 50.2 Å². The highest BCUT2D eigenvalue weighted by atomic mass is 15.3.